The molecule has 0 fully saturated rings. The first-order valence-electron chi connectivity index (χ1n) is 18.4. The number of hydrogen-bond donors (Lipinski definition) is 0. The summed E-state index contributed by atoms with van der Waals surface area (Å²) >= 11 is 0. The molecule has 0 aliphatic carbocycles. The van der Waals surface area contributed by atoms with Gasteiger partial charge in [-0.2, -0.15) is 8.42 Å². The first-order chi connectivity index (χ1) is 26.5. The van der Waals surface area contributed by atoms with Gasteiger partial charge in [-0.05, 0) is 16.7 Å². The molecule has 0 aliphatic rings. The Morgan fingerprint density at radius 3 is 0.815 bits per heavy atom. The van der Waals surface area contributed by atoms with E-state index in [2.05, 4.69) is 40.6 Å². The van der Waals surface area contributed by atoms with Gasteiger partial charge in [0.15, 0.2) is 0 Å². The molecule has 14 heteroatoms. The summed E-state index contributed by atoms with van der Waals surface area (Å²) in [4.78, 5) is 0. The highest BCUT2D eigenvalue weighted by Crippen LogP contribution is 2.40. The molecule has 54 heavy (non-hydrogen) atoms. The van der Waals surface area contributed by atoms with Crippen LogP contribution < -0.4 is 0 Å². The lowest BCUT2D eigenvalue weighted by molar-refractivity contribution is -0.0399. The van der Waals surface area contributed by atoms with E-state index in [1.165, 1.54) is 0 Å². The van der Waals surface area contributed by atoms with Crippen molar-refractivity contribution in [1.82, 2.24) is 0 Å². The molecule has 0 aliphatic heterocycles. The molecule has 3 rings (SSSR count). The lowest BCUT2D eigenvalue weighted by atomic mass is 9.80. The van der Waals surface area contributed by atoms with Crippen LogP contribution in [0.25, 0.3) is 0 Å². The summed E-state index contributed by atoms with van der Waals surface area (Å²) in [5, 5.41) is 0. The highest BCUT2D eigenvalue weighted by molar-refractivity contribution is 7.85. The molecular formula is C40H58O13S. The SMILES string of the molecule is CS(=O)(=O)OCCOCCOCCOCCOCCOCCOCCOCCOCCOCCOC(c1ccccc1)(c1ccccc1)c1ccccc1. The van der Waals surface area contributed by atoms with Gasteiger partial charge in [-0.25, -0.2) is 0 Å². The highest BCUT2D eigenvalue weighted by atomic mass is 32.2. The van der Waals surface area contributed by atoms with Crippen molar-refractivity contribution in [1.29, 1.82) is 0 Å². The van der Waals surface area contributed by atoms with E-state index in [-0.39, 0.29) is 13.2 Å². The van der Waals surface area contributed by atoms with Crippen LogP contribution in [0.5, 0.6) is 0 Å². The molecule has 0 spiro atoms. The Labute approximate surface area is 321 Å². The van der Waals surface area contributed by atoms with Crippen molar-refractivity contribution in [2.75, 3.05) is 138 Å². The molecule has 0 amide bonds. The van der Waals surface area contributed by atoms with Gasteiger partial charge in [0.25, 0.3) is 10.1 Å². The number of hydrogen-bond acceptors (Lipinski definition) is 13. The monoisotopic (exact) mass is 778 g/mol. The van der Waals surface area contributed by atoms with Gasteiger partial charge in [0.05, 0.1) is 138 Å². The summed E-state index contributed by atoms with van der Waals surface area (Å²) < 4.78 is 82.5. The van der Waals surface area contributed by atoms with Crippen molar-refractivity contribution in [3.63, 3.8) is 0 Å². The Hall–Kier alpha value is -2.83. The zero-order chi connectivity index (χ0) is 38.3. The molecule has 0 atom stereocenters. The zero-order valence-electron chi connectivity index (χ0n) is 31.5. The van der Waals surface area contributed by atoms with E-state index in [4.69, 9.17) is 47.4 Å². The smallest absolute Gasteiger partial charge is 0.264 e. The van der Waals surface area contributed by atoms with Crippen molar-refractivity contribution >= 4 is 10.1 Å². The summed E-state index contributed by atoms with van der Waals surface area (Å²) in [7, 11) is -3.43. The summed E-state index contributed by atoms with van der Waals surface area (Å²) in [5.74, 6) is 0. The standard InChI is InChI=1S/C40H58O13S/c1-54(41,42)53-36-34-51-32-30-49-28-26-47-24-22-45-20-18-43-17-19-44-21-23-46-25-27-48-29-31-50-33-35-52-40(37-11-5-2-6-12-37,38-13-7-3-8-14-38)39-15-9-4-10-16-39/h2-16H,17-36H2,1H3. The lowest BCUT2D eigenvalue weighted by Gasteiger charge is -2.36. The molecule has 302 valence electrons. The van der Waals surface area contributed by atoms with Gasteiger partial charge in [0.1, 0.15) is 5.60 Å². The minimum absolute atomic E-state index is 0.00513. The Morgan fingerprint density at radius 2 is 0.574 bits per heavy atom. The Bertz CT molecular complexity index is 1300. The van der Waals surface area contributed by atoms with Gasteiger partial charge in [-0.1, -0.05) is 91.0 Å². The van der Waals surface area contributed by atoms with Gasteiger partial charge in [-0.3, -0.25) is 4.18 Å². The Balaban J connectivity index is 1.07. The zero-order valence-corrected chi connectivity index (χ0v) is 32.3. The molecule has 0 saturated heterocycles. The van der Waals surface area contributed by atoms with E-state index in [0.29, 0.717) is 119 Å². The second-order valence-corrected chi connectivity index (χ2v) is 13.3. The van der Waals surface area contributed by atoms with Crippen LogP contribution in [0.4, 0.5) is 0 Å². The lowest BCUT2D eigenvalue weighted by Crippen LogP contribution is -2.34. The van der Waals surface area contributed by atoms with E-state index < -0.39 is 15.7 Å². The average Bonchev–Trinajstić information content (AvgIpc) is 3.19. The molecule has 3 aromatic rings. The molecule has 0 radical (unpaired) electrons. The second-order valence-electron chi connectivity index (χ2n) is 11.7. The largest absolute Gasteiger partial charge is 0.377 e. The van der Waals surface area contributed by atoms with Crippen LogP contribution >= 0.6 is 0 Å². The maximum absolute atomic E-state index is 10.8. The fraction of sp³-hybridized carbons (Fsp3) is 0.550. The first kappa shape index (κ1) is 45.6. The summed E-state index contributed by atoms with van der Waals surface area (Å²) in [6.45, 7) is 8.32. The van der Waals surface area contributed by atoms with E-state index in [1.54, 1.807) is 0 Å². The van der Waals surface area contributed by atoms with Crippen molar-refractivity contribution in [2.24, 2.45) is 0 Å². The fourth-order valence-corrected chi connectivity index (χ4v) is 5.50. The number of ether oxygens (including phenoxy) is 10. The summed E-state index contributed by atoms with van der Waals surface area (Å²) in [5.41, 5.74) is 2.42. The van der Waals surface area contributed by atoms with E-state index in [1.807, 2.05) is 54.6 Å². The van der Waals surface area contributed by atoms with Crippen LogP contribution in [-0.2, 0) is 67.3 Å². The first-order valence-corrected chi connectivity index (χ1v) is 20.2. The van der Waals surface area contributed by atoms with Crippen molar-refractivity contribution in [3.8, 4) is 0 Å². The number of benzene rings is 3. The Morgan fingerprint density at radius 1 is 0.352 bits per heavy atom. The topological polar surface area (TPSA) is 136 Å². The Kier molecular flexibility index (Phi) is 24.9. The van der Waals surface area contributed by atoms with Crippen molar-refractivity contribution < 1.29 is 60.0 Å². The summed E-state index contributed by atoms with van der Waals surface area (Å²) in [6, 6.07) is 30.9. The van der Waals surface area contributed by atoms with E-state index in [0.717, 1.165) is 22.9 Å². The van der Waals surface area contributed by atoms with Crippen LogP contribution in [-0.4, -0.2) is 147 Å². The van der Waals surface area contributed by atoms with Gasteiger partial charge in [0.2, 0.25) is 0 Å². The molecule has 0 N–H and O–H groups in total. The van der Waals surface area contributed by atoms with Gasteiger partial charge in [-0.15, -0.1) is 0 Å². The van der Waals surface area contributed by atoms with E-state index >= 15 is 0 Å². The van der Waals surface area contributed by atoms with E-state index in [9.17, 15) is 8.42 Å². The van der Waals surface area contributed by atoms with Crippen LogP contribution in [0.2, 0.25) is 0 Å². The van der Waals surface area contributed by atoms with Crippen molar-refractivity contribution in [2.45, 2.75) is 5.60 Å². The molecule has 0 aromatic heterocycles. The minimum Gasteiger partial charge on any atom is -0.377 e. The third-order valence-electron chi connectivity index (χ3n) is 7.59. The third kappa shape index (κ3) is 20.2. The molecule has 0 bridgehead atoms. The molecule has 0 unspecified atom stereocenters. The predicted molar refractivity (Wildman–Crippen MR) is 203 cm³/mol. The van der Waals surface area contributed by atoms with Crippen LogP contribution in [0, 0.1) is 0 Å². The predicted octanol–water partition coefficient (Wildman–Crippen LogP) is 4.12. The molecule has 13 nitrogen and oxygen atoms in total. The molecule has 0 saturated carbocycles. The summed E-state index contributed by atoms with van der Waals surface area (Å²) in [6.07, 6.45) is 0.998. The molecule has 0 heterocycles. The third-order valence-corrected chi connectivity index (χ3v) is 8.18. The molecule has 3 aromatic carbocycles. The normalized spacial score (nSPS) is 12.0. The van der Waals surface area contributed by atoms with Gasteiger partial charge >= 0.3 is 0 Å². The fourth-order valence-electron chi connectivity index (χ4n) is 5.13. The van der Waals surface area contributed by atoms with Gasteiger partial charge < -0.3 is 47.4 Å². The minimum atomic E-state index is -3.43. The maximum atomic E-state index is 10.8. The van der Waals surface area contributed by atoms with Crippen LogP contribution in [0.1, 0.15) is 16.7 Å². The average molecular weight is 779 g/mol. The van der Waals surface area contributed by atoms with Crippen molar-refractivity contribution in [3.05, 3.63) is 108 Å². The highest BCUT2D eigenvalue weighted by Gasteiger charge is 2.37. The van der Waals surface area contributed by atoms with Crippen LogP contribution in [0.3, 0.4) is 0 Å². The van der Waals surface area contributed by atoms with Crippen LogP contribution in [0.15, 0.2) is 91.0 Å². The quantitative estimate of drug-likeness (QED) is 0.0482. The maximum Gasteiger partial charge on any atom is 0.264 e. The molecular weight excluding hydrogens is 720 g/mol. The second kappa shape index (κ2) is 29.5. The van der Waals surface area contributed by atoms with Gasteiger partial charge in [0, 0.05) is 0 Å². The number of rotatable bonds is 35.